The molecule has 0 bridgehead atoms. The van der Waals surface area contributed by atoms with Gasteiger partial charge in [0.2, 0.25) is 0 Å². The van der Waals surface area contributed by atoms with Crippen molar-refractivity contribution in [2.24, 2.45) is 0 Å². The van der Waals surface area contributed by atoms with Crippen molar-refractivity contribution < 1.29 is 8.42 Å². The second kappa shape index (κ2) is 5.22. The van der Waals surface area contributed by atoms with Crippen LogP contribution in [0.15, 0.2) is 53.7 Å². The highest BCUT2D eigenvalue weighted by Gasteiger charge is 2.24. The van der Waals surface area contributed by atoms with Crippen molar-refractivity contribution in [1.29, 1.82) is 0 Å². The van der Waals surface area contributed by atoms with E-state index in [1.807, 2.05) is 0 Å². The zero-order chi connectivity index (χ0) is 15.0. The molecule has 0 atom stereocenters. The molecule has 2 heterocycles. The minimum Gasteiger partial charge on any atom is -0.288 e. The third-order valence-corrected chi connectivity index (χ3v) is 4.91. The summed E-state index contributed by atoms with van der Waals surface area (Å²) < 4.78 is 28.9. The molecule has 0 unspecified atom stereocenters. The molecule has 108 valence electrons. The molecule has 0 amide bonds. The molecule has 0 radical (unpaired) electrons. The Balaban J connectivity index is 2.13. The first-order valence-corrected chi connectivity index (χ1v) is 8.13. The number of hydrogen-bond donors (Lipinski definition) is 1. The fourth-order valence-electron chi connectivity index (χ4n) is 1.92. The number of fused-ring (bicyclic) bond motifs is 1. The Morgan fingerprint density at radius 3 is 2.52 bits per heavy atom. The lowest BCUT2D eigenvalue weighted by Crippen LogP contribution is -2.15. The molecule has 0 aliphatic heterocycles. The van der Waals surface area contributed by atoms with Gasteiger partial charge in [-0.1, -0.05) is 41.4 Å². The van der Waals surface area contributed by atoms with Crippen LogP contribution in [0.25, 0.3) is 5.65 Å². The molecule has 0 spiro atoms. The number of nitrogens with one attached hydrogen (secondary N) is 1. The molecule has 0 fully saturated rings. The molecule has 3 aromatic rings. The van der Waals surface area contributed by atoms with Crippen molar-refractivity contribution in [3.8, 4) is 0 Å². The Labute approximate surface area is 131 Å². The number of pyridine rings is 1. The van der Waals surface area contributed by atoms with Gasteiger partial charge < -0.3 is 0 Å². The van der Waals surface area contributed by atoms with Crippen LogP contribution in [0.5, 0.6) is 0 Å². The van der Waals surface area contributed by atoms with E-state index in [0.29, 0.717) is 10.7 Å². The highest BCUT2D eigenvalue weighted by atomic mass is 35.5. The van der Waals surface area contributed by atoms with Crippen LogP contribution in [0.4, 0.5) is 5.69 Å². The summed E-state index contributed by atoms with van der Waals surface area (Å²) in [5.41, 5.74) is 0.725. The minimum absolute atomic E-state index is 0.0965. The lowest BCUT2D eigenvalue weighted by Gasteiger charge is -2.09. The zero-order valence-electron chi connectivity index (χ0n) is 10.5. The SMILES string of the molecule is O=S(=O)(Nc1ccccc1Cl)c1c(Cl)nc2ccccn12. The number of anilines is 1. The van der Waals surface area contributed by atoms with Crippen LogP contribution < -0.4 is 4.72 Å². The van der Waals surface area contributed by atoms with Gasteiger partial charge in [0.1, 0.15) is 5.65 Å². The Morgan fingerprint density at radius 2 is 1.76 bits per heavy atom. The van der Waals surface area contributed by atoms with Gasteiger partial charge in [-0.2, -0.15) is 8.42 Å². The highest BCUT2D eigenvalue weighted by molar-refractivity contribution is 7.92. The maximum absolute atomic E-state index is 12.5. The molecule has 0 aliphatic carbocycles. The van der Waals surface area contributed by atoms with Crippen molar-refractivity contribution in [2.75, 3.05) is 4.72 Å². The molecule has 1 N–H and O–H groups in total. The third-order valence-electron chi connectivity index (χ3n) is 2.82. The fourth-order valence-corrected chi connectivity index (χ4v) is 3.89. The summed E-state index contributed by atoms with van der Waals surface area (Å²) in [6.45, 7) is 0. The maximum atomic E-state index is 12.5. The summed E-state index contributed by atoms with van der Waals surface area (Å²) in [5.74, 6) is 0. The van der Waals surface area contributed by atoms with Gasteiger partial charge in [0.15, 0.2) is 10.2 Å². The average Bonchev–Trinajstić information content (AvgIpc) is 2.77. The molecule has 1 aromatic carbocycles. The lowest BCUT2D eigenvalue weighted by atomic mass is 10.3. The van der Waals surface area contributed by atoms with Crippen molar-refractivity contribution >= 4 is 44.6 Å². The first-order valence-electron chi connectivity index (χ1n) is 5.89. The first kappa shape index (κ1) is 14.2. The van der Waals surface area contributed by atoms with E-state index < -0.39 is 10.0 Å². The Hall–Kier alpha value is -1.76. The number of aromatic nitrogens is 2. The van der Waals surface area contributed by atoms with Gasteiger partial charge in [-0.15, -0.1) is 0 Å². The standard InChI is InChI=1S/C13H9Cl2N3O2S/c14-9-5-1-2-6-10(9)17-21(19,20)13-12(15)16-11-7-3-4-8-18(11)13/h1-8,17H. The normalized spacial score (nSPS) is 11.7. The molecule has 0 aliphatic rings. The van der Waals surface area contributed by atoms with E-state index >= 15 is 0 Å². The zero-order valence-corrected chi connectivity index (χ0v) is 12.8. The molecule has 3 rings (SSSR count). The van der Waals surface area contributed by atoms with Crippen molar-refractivity contribution in [3.05, 3.63) is 58.8 Å². The second-order valence-corrected chi connectivity index (χ2v) is 6.58. The highest BCUT2D eigenvalue weighted by Crippen LogP contribution is 2.27. The van der Waals surface area contributed by atoms with E-state index in [-0.39, 0.29) is 15.9 Å². The van der Waals surface area contributed by atoms with Gasteiger partial charge >= 0.3 is 0 Å². The van der Waals surface area contributed by atoms with Gasteiger partial charge in [0.05, 0.1) is 10.7 Å². The van der Waals surface area contributed by atoms with Gasteiger partial charge in [-0.25, -0.2) is 4.98 Å². The molecule has 0 saturated heterocycles. The third kappa shape index (κ3) is 2.57. The van der Waals surface area contributed by atoms with Crippen LogP contribution in [0, 0.1) is 0 Å². The van der Waals surface area contributed by atoms with Crippen LogP contribution in [0.1, 0.15) is 0 Å². The number of rotatable bonds is 3. The number of imidazole rings is 1. The smallest absolute Gasteiger partial charge is 0.281 e. The lowest BCUT2D eigenvalue weighted by molar-refractivity contribution is 0.596. The van der Waals surface area contributed by atoms with Gasteiger partial charge in [-0.3, -0.25) is 9.12 Å². The molecule has 5 nitrogen and oxygen atoms in total. The van der Waals surface area contributed by atoms with Gasteiger partial charge in [0.25, 0.3) is 10.0 Å². The van der Waals surface area contributed by atoms with Crippen molar-refractivity contribution in [1.82, 2.24) is 9.38 Å². The van der Waals surface area contributed by atoms with Crippen LogP contribution >= 0.6 is 23.2 Å². The largest absolute Gasteiger partial charge is 0.288 e. The molecule has 2 aromatic heterocycles. The van der Waals surface area contributed by atoms with E-state index in [1.165, 1.54) is 4.40 Å². The number of nitrogens with zero attached hydrogens (tertiary/aromatic N) is 2. The van der Waals surface area contributed by atoms with Crippen LogP contribution in [-0.4, -0.2) is 17.8 Å². The van der Waals surface area contributed by atoms with E-state index in [2.05, 4.69) is 9.71 Å². The van der Waals surface area contributed by atoms with Crippen LogP contribution in [0.3, 0.4) is 0 Å². The molecule has 8 heteroatoms. The number of para-hydroxylation sites is 1. The summed E-state index contributed by atoms with van der Waals surface area (Å²) in [6.07, 6.45) is 1.58. The van der Waals surface area contributed by atoms with Gasteiger partial charge in [-0.05, 0) is 24.3 Å². The molecule has 21 heavy (non-hydrogen) atoms. The number of sulfonamides is 1. The summed E-state index contributed by atoms with van der Waals surface area (Å²) >= 11 is 11.9. The minimum atomic E-state index is -3.92. The molecular weight excluding hydrogens is 333 g/mol. The summed E-state index contributed by atoms with van der Waals surface area (Å²) in [5, 5.41) is 0.0754. The Kier molecular flexibility index (Phi) is 3.52. The number of hydrogen-bond acceptors (Lipinski definition) is 3. The second-order valence-electron chi connectivity index (χ2n) is 4.22. The monoisotopic (exact) mass is 341 g/mol. The van der Waals surface area contributed by atoms with Crippen molar-refractivity contribution in [2.45, 2.75) is 5.03 Å². The van der Waals surface area contributed by atoms with Crippen LogP contribution in [-0.2, 0) is 10.0 Å². The number of halogens is 2. The Morgan fingerprint density at radius 1 is 1.05 bits per heavy atom. The molecule has 0 saturated carbocycles. The Bertz CT molecular complexity index is 922. The fraction of sp³-hybridized carbons (Fsp3) is 0. The van der Waals surface area contributed by atoms with E-state index in [0.717, 1.165) is 0 Å². The topological polar surface area (TPSA) is 63.5 Å². The first-order chi connectivity index (χ1) is 9.99. The summed E-state index contributed by atoms with van der Waals surface area (Å²) in [6, 6.07) is 11.7. The van der Waals surface area contributed by atoms with Crippen molar-refractivity contribution in [3.63, 3.8) is 0 Å². The summed E-state index contributed by atoms with van der Waals surface area (Å²) in [7, 11) is -3.92. The summed E-state index contributed by atoms with van der Waals surface area (Å²) in [4.78, 5) is 4.02. The van der Waals surface area contributed by atoms with Gasteiger partial charge in [0, 0.05) is 6.20 Å². The number of benzene rings is 1. The quantitative estimate of drug-likeness (QED) is 0.793. The molecular formula is C13H9Cl2N3O2S. The maximum Gasteiger partial charge on any atom is 0.281 e. The van der Waals surface area contributed by atoms with E-state index in [9.17, 15) is 8.42 Å². The van der Waals surface area contributed by atoms with Crippen LogP contribution in [0.2, 0.25) is 10.2 Å². The predicted molar refractivity (Wildman–Crippen MR) is 82.5 cm³/mol. The van der Waals surface area contributed by atoms with E-state index in [1.54, 1.807) is 48.7 Å². The average molecular weight is 342 g/mol. The van der Waals surface area contributed by atoms with E-state index in [4.69, 9.17) is 23.2 Å². The predicted octanol–water partition coefficient (Wildman–Crippen LogP) is 3.44.